The van der Waals surface area contributed by atoms with E-state index in [0.29, 0.717) is 17.9 Å². The molecule has 0 heterocycles. The van der Waals surface area contributed by atoms with E-state index in [1.807, 2.05) is 18.2 Å². The molecule has 0 spiro atoms. The maximum Gasteiger partial charge on any atom is 0.315 e. The molecule has 0 saturated carbocycles. The minimum atomic E-state index is -0.209. The maximum atomic E-state index is 13.4. The SMILES string of the molecule is O=C(NCCSCc1ccccc1F)N[C@@H]1C=C[C@H](CO)C1. The van der Waals surface area contributed by atoms with Crippen LogP contribution in [-0.2, 0) is 5.75 Å². The Morgan fingerprint density at radius 3 is 2.91 bits per heavy atom. The average Bonchev–Trinajstić information content (AvgIpc) is 2.96. The number of thioether (sulfide) groups is 1. The number of halogens is 1. The zero-order valence-electron chi connectivity index (χ0n) is 12.3. The third kappa shape index (κ3) is 5.35. The highest BCUT2D eigenvalue weighted by molar-refractivity contribution is 7.98. The summed E-state index contributed by atoms with van der Waals surface area (Å²) < 4.78 is 13.4. The van der Waals surface area contributed by atoms with Crippen LogP contribution in [0, 0.1) is 11.7 Å². The first-order chi connectivity index (χ1) is 10.7. The number of carbonyl (C=O) groups excluding carboxylic acids is 1. The monoisotopic (exact) mass is 324 g/mol. The summed E-state index contributed by atoms with van der Waals surface area (Å²) in [6.07, 6.45) is 4.58. The van der Waals surface area contributed by atoms with Crippen LogP contribution in [0.25, 0.3) is 0 Å². The van der Waals surface area contributed by atoms with Crippen molar-refractivity contribution in [2.45, 2.75) is 18.2 Å². The molecule has 0 radical (unpaired) electrons. The molecule has 2 amide bonds. The van der Waals surface area contributed by atoms with Gasteiger partial charge in [0.15, 0.2) is 0 Å². The van der Waals surface area contributed by atoms with Crippen LogP contribution >= 0.6 is 11.8 Å². The molecule has 0 aliphatic heterocycles. The lowest BCUT2D eigenvalue weighted by atomic mass is 10.1. The predicted molar refractivity (Wildman–Crippen MR) is 87.2 cm³/mol. The molecular formula is C16H21FN2O2S. The Hall–Kier alpha value is -1.53. The zero-order valence-corrected chi connectivity index (χ0v) is 13.1. The molecule has 0 bridgehead atoms. The highest BCUT2D eigenvalue weighted by atomic mass is 32.2. The molecule has 1 aromatic rings. The fraction of sp³-hybridized carbons (Fsp3) is 0.438. The van der Waals surface area contributed by atoms with E-state index in [1.54, 1.807) is 23.9 Å². The number of rotatable bonds is 7. The number of benzene rings is 1. The normalized spacial score (nSPS) is 20.1. The molecule has 1 aromatic carbocycles. The Bertz CT molecular complexity index is 525. The fourth-order valence-electron chi connectivity index (χ4n) is 2.27. The van der Waals surface area contributed by atoms with E-state index in [1.165, 1.54) is 6.07 Å². The highest BCUT2D eigenvalue weighted by Gasteiger charge is 2.19. The van der Waals surface area contributed by atoms with Crippen molar-refractivity contribution in [1.29, 1.82) is 0 Å². The fourth-order valence-corrected chi connectivity index (χ4v) is 3.12. The van der Waals surface area contributed by atoms with Gasteiger partial charge in [-0.05, 0) is 18.1 Å². The lowest BCUT2D eigenvalue weighted by Crippen LogP contribution is -2.41. The summed E-state index contributed by atoms with van der Waals surface area (Å²) in [6, 6.07) is 6.50. The Kier molecular flexibility index (Phi) is 6.74. The number of nitrogens with one attached hydrogen (secondary N) is 2. The van der Waals surface area contributed by atoms with Gasteiger partial charge in [0.2, 0.25) is 0 Å². The van der Waals surface area contributed by atoms with Crippen molar-refractivity contribution in [2.24, 2.45) is 5.92 Å². The van der Waals surface area contributed by atoms with Crippen molar-refractivity contribution in [1.82, 2.24) is 10.6 Å². The number of amides is 2. The quantitative estimate of drug-likeness (QED) is 0.533. The maximum absolute atomic E-state index is 13.4. The largest absolute Gasteiger partial charge is 0.396 e. The standard InChI is InChI=1S/C16H21FN2O2S/c17-15-4-2-1-3-13(15)11-22-8-7-18-16(21)19-14-6-5-12(9-14)10-20/h1-6,12,14,20H,7-11H2,(H2,18,19,21)/t12-,14+/m0/s1. The minimum absolute atomic E-state index is 0.0109. The topological polar surface area (TPSA) is 61.4 Å². The first-order valence-corrected chi connectivity index (χ1v) is 8.49. The van der Waals surface area contributed by atoms with Crippen LogP contribution in [0.15, 0.2) is 36.4 Å². The molecule has 0 fully saturated rings. The Morgan fingerprint density at radius 2 is 2.18 bits per heavy atom. The third-order valence-electron chi connectivity index (χ3n) is 3.47. The molecule has 0 unspecified atom stereocenters. The van der Waals surface area contributed by atoms with E-state index in [4.69, 9.17) is 5.11 Å². The van der Waals surface area contributed by atoms with Crippen LogP contribution in [-0.4, -0.2) is 36.1 Å². The summed E-state index contributed by atoms with van der Waals surface area (Å²) in [7, 11) is 0. The minimum Gasteiger partial charge on any atom is -0.396 e. The Balaban J connectivity index is 1.56. The number of hydrogen-bond donors (Lipinski definition) is 3. The van der Waals surface area contributed by atoms with E-state index in [-0.39, 0.29) is 30.4 Å². The van der Waals surface area contributed by atoms with E-state index in [0.717, 1.165) is 12.2 Å². The predicted octanol–water partition coefficient (Wildman–Crippen LogP) is 2.30. The molecule has 4 nitrogen and oxygen atoms in total. The molecule has 2 atom stereocenters. The van der Waals surface area contributed by atoms with Gasteiger partial charge in [0, 0.05) is 36.6 Å². The van der Waals surface area contributed by atoms with Crippen LogP contribution < -0.4 is 10.6 Å². The summed E-state index contributed by atoms with van der Waals surface area (Å²) in [4.78, 5) is 11.7. The average molecular weight is 324 g/mol. The van der Waals surface area contributed by atoms with Crippen molar-refractivity contribution in [3.63, 3.8) is 0 Å². The van der Waals surface area contributed by atoms with E-state index < -0.39 is 0 Å². The van der Waals surface area contributed by atoms with Crippen LogP contribution in [0.4, 0.5) is 9.18 Å². The molecule has 0 aromatic heterocycles. The van der Waals surface area contributed by atoms with Crippen molar-refractivity contribution in [3.05, 3.63) is 47.8 Å². The highest BCUT2D eigenvalue weighted by Crippen LogP contribution is 2.17. The van der Waals surface area contributed by atoms with Gasteiger partial charge < -0.3 is 15.7 Å². The Labute approximate surface area is 134 Å². The second-order valence-corrected chi connectivity index (χ2v) is 6.32. The van der Waals surface area contributed by atoms with Crippen LogP contribution in [0.3, 0.4) is 0 Å². The van der Waals surface area contributed by atoms with Gasteiger partial charge >= 0.3 is 6.03 Å². The first kappa shape index (κ1) is 16.8. The number of urea groups is 1. The van der Waals surface area contributed by atoms with Gasteiger partial charge in [-0.25, -0.2) is 9.18 Å². The van der Waals surface area contributed by atoms with Gasteiger partial charge in [0.05, 0.1) is 0 Å². The second-order valence-electron chi connectivity index (χ2n) is 5.21. The number of aliphatic hydroxyl groups is 1. The Morgan fingerprint density at radius 1 is 1.36 bits per heavy atom. The summed E-state index contributed by atoms with van der Waals surface area (Å²) in [6.45, 7) is 0.647. The van der Waals surface area contributed by atoms with Crippen molar-refractivity contribution in [3.8, 4) is 0 Å². The van der Waals surface area contributed by atoms with Gasteiger partial charge in [-0.2, -0.15) is 11.8 Å². The molecule has 1 aliphatic rings. The van der Waals surface area contributed by atoms with Crippen LogP contribution in [0.5, 0.6) is 0 Å². The summed E-state index contributed by atoms with van der Waals surface area (Å²) >= 11 is 1.58. The smallest absolute Gasteiger partial charge is 0.315 e. The van der Waals surface area contributed by atoms with E-state index >= 15 is 0 Å². The van der Waals surface area contributed by atoms with Gasteiger partial charge in [-0.1, -0.05) is 30.4 Å². The molecule has 120 valence electrons. The number of carbonyl (C=O) groups is 1. The number of hydrogen-bond acceptors (Lipinski definition) is 3. The van der Waals surface area contributed by atoms with Crippen molar-refractivity contribution >= 4 is 17.8 Å². The van der Waals surface area contributed by atoms with Gasteiger partial charge in [-0.3, -0.25) is 0 Å². The number of aliphatic hydroxyl groups excluding tert-OH is 1. The molecule has 6 heteroatoms. The van der Waals surface area contributed by atoms with E-state index in [2.05, 4.69) is 10.6 Å². The lowest BCUT2D eigenvalue weighted by Gasteiger charge is -2.13. The van der Waals surface area contributed by atoms with Crippen molar-refractivity contribution < 1.29 is 14.3 Å². The molecule has 2 rings (SSSR count). The zero-order chi connectivity index (χ0) is 15.8. The summed E-state index contributed by atoms with van der Waals surface area (Å²) in [5.74, 6) is 1.27. The van der Waals surface area contributed by atoms with Gasteiger partial charge in [0.1, 0.15) is 5.82 Å². The molecule has 1 aliphatic carbocycles. The third-order valence-corrected chi connectivity index (χ3v) is 4.48. The van der Waals surface area contributed by atoms with Crippen LogP contribution in [0.1, 0.15) is 12.0 Å². The van der Waals surface area contributed by atoms with Gasteiger partial charge in [-0.15, -0.1) is 0 Å². The molecule has 3 N–H and O–H groups in total. The summed E-state index contributed by atoms with van der Waals surface area (Å²) in [5.41, 5.74) is 0.683. The first-order valence-electron chi connectivity index (χ1n) is 7.33. The molecule has 0 saturated heterocycles. The lowest BCUT2D eigenvalue weighted by molar-refractivity contribution is 0.232. The molecule has 22 heavy (non-hydrogen) atoms. The van der Waals surface area contributed by atoms with Crippen LogP contribution in [0.2, 0.25) is 0 Å². The second kappa shape index (κ2) is 8.80. The van der Waals surface area contributed by atoms with Gasteiger partial charge in [0.25, 0.3) is 0 Å². The van der Waals surface area contributed by atoms with Crippen molar-refractivity contribution in [2.75, 3.05) is 18.9 Å². The van der Waals surface area contributed by atoms with E-state index in [9.17, 15) is 9.18 Å². The molecular weight excluding hydrogens is 303 g/mol. The summed E-state index contributed by atoms with van der Waals surface area (Å²) in [5, 5.41) is 14.6.